The molecule has 1 amide bonds. The molecule has 0 atom stereocenters. The Balaban J connectivity index is 1.83. The summed E-state index contributed by atoms with van der Waals surface area (Å²) in [5.74, 6) is 1.33. The maximum absolute atomic E-state index is 11.5. The zero-order chi connectivity index (χ0) is 18.2. The second-order valence-electron chi connectivity index (χ2n) is 6.13. The van der Waals surface area contributed by atoms with Gasteiger partial charge in [0.25, 0.3) is 5.69 Å². The van der Waals surface area contributed by atoms with Crippen molar-refractivity contribution in [2.24, 2.45) is 10.9 Å². The fraction of sp³-hybridized carbons (Fsp3) is 0.529. The Morgan fingerprint density at radius 3 is 2.48 bits per heavy atom. The Hall–Kier alpha value is -2.64. The summed E-state index contributed by atoms with van der Waals surface area (Å²) in [4.78, 5) is 28.3. The lowest BCUT2D eigenvalue weighted by atomic mass is 9.93. The highest BCUT2D eigenvalue weighted by Gasteiger charge is 2.23. The zero-order valence-electron chi connectivity index (χ0n) is 14.7. The highest BCUT2D eigenvalue weighted by atomic mass is 16.6. The van der Waals surface area contributed by atoms with Crippen molar-refractivity contribution < 1.29 is 9.72 Å². The predicted octanol–water partition coefficient (Wildman–Crippen LogP) is 1.52. The molecule has 1 aliphatic rings. The molecule has 1 aliphatic heterocycles. The molecule has 0 saturated carbocycles. The Kier molecular flexibility index (Phi) is 6.73. The largest absolute Gasteiger partial charge is 0.359 e. The predicted molar refractivity (Wildman–Crippen MR) is 96.3 cm³/mol. The van der Waals surface area contributed by atoms with Crippen molar-refractivity contribution in [3.8, 4) is 0 Å². The van der Waals surface area contributed by atoms with Crippen LogP contribution in [0.3, 0.4) is 0 Å². The average molecular weight is 347 g/mol. The third kappa shape index (κ3) is 5.44. The Bertz CT molecular complexity index is 622. The van der Waals surface area contributed by atoms with Crippen LogP contribution in [0, 0.1) is 16.0 Å². The van der Waals surface area contributed by atoms with Crippen molar-refractivity contribution in [1.29, 1.82) is 0 Å². The maximum atomic E-state index is 11.5. The van der Waals surface area contributed by atoms with Crippen LogP contribution in [0.1, 0.15) is 24.8 Å². The van der Waals surface area contributed by atoms with Gasteiger partial charge in [0.15, 0.2) is 5.96 Å². The van der Waals surface area contributed by atoms with Crippen molar-refractivity contribution in [2.45, 2.75) is 25.8 Å². The smallest absolute Gasteiger partial charge is 0.269 e. The van der Waals surface area contributed by atoms with Gasteiger partial charge in [-0.1, -0.05) is 12.1 Å². The van der Waals surface area contributed by atoms with Crippen molar-refractivity contribution in [3.63, 3.8) is 0 Å². The van der Waals surface area contributed by atoms with Gasteiger partial charge in [0.1, 0.15) is 0 Å². The molecule has 1 aromatic carbocycles. The van der Waals surface area contributed by atoms with Crippen LogP contribution in [0.15, 0.2) is 29.3 Å². The van der Waals surface area contributed by atoms with E-state index >= 15 is 0 Å². The van der Waals surface area contributed by atoms with Gasteiger partial charge >= 0.3 is 0 Å². The number of aliphatic imine (C=N–C) groups is 1. The van der Waals surface area contributed by atoms with E-state index in [9.17, 15) is 14.9 Å². The van der Waals surface area contributed by atoms with E-state index in [1.807, 2.05) is 0 Å². The van der Waals surface area contributed by atoms with E-state index in [0.29, 0.717) is 18.9 Å². The summed E-state index contributed by atoms with van der Waals surface area (Å²) < 4.78 is 0. The number of nitro benzene ring substituents is 1. The Morgan fingerprint density at radius 2 is 1.96 bits per heavy atom. The van der Waals surface area contributed by atoms with Crippen LogP contribution in [-0.2, 0) is 11.3 Å². The molecule has 0 aromatic heterocycles. The summed E-state index contributed by atoms with van der Waals surface area (Å²) in [7, 11) is 3.41. The van der Waals surface area contributed by atoms with Crippen LogP contribution in [0.4, 0.5) is 5.69 Å². The quantitative estimate of drug-likeness (QED) is 0.364. The molecule has 2 rings (SSSR count). The van der Waals surface area contributed by atoms with Gasteiger partial charge in [-0.2, -0.15) is 0 Å². The minimum absolute atomic E-state index is 0.0892. The van der Waals surface area contributed by atoms with Gasteiger partial charge in [0.2, 0.25) is 5.91 Å². The summed E-state index contributed by atoms with van der Waals surface area (Å²) in [6.45, 7) is 2.28. The zero-order valence-corrected chi connectivity index (χ0v) is 14.7. The summed E-state index contributed by atoms with van der Waals surface area (Å²) in [6.07, 6.45) is 2.51. The lowest BCUT2D eigenvalue weighted by Crippen LogP contribution is -2.45. The third-order valence-electron chi connectivity index (χ3n) is 4.48. The van der Waals surface area contributed by atoms with E-state index in [1.165, 1.54) is 12.1 Å². The second kappa shape index (κ2) is 9.00. The number of nitrogens with one attached hydrogen (secondary N) is 2. The summed E-state index contributed by atoms with van der Waals surface area (Å²) in [5.41, 5.74) is 1.05. The van der Waals surface area contributed by atoms with Gasteiger partial charge < -0.3 is 15.5 Å². The lowest BCUT2D eigenvalue weighted by Gasteiger charge is -2.34. The van der Waals surface area contributed by atoms with Crippen molar-refractivity contribution >= 4 is 17.6 Å². The van der Waals surface area contributed by atoms with E-state index in [2.05, 4.69) is 20.5 Å². The third-order valence-corrected chi connectivity index (χ3v) is 4.48. The number of rotatable bonds is 5. The van der Waals surface area contributed by atoms with Crippen LogP contribution in [0.2, 0.25) is 0 Å². The van der Waals surface area contributed by atoms with Gasteiger partial charge in [-0.25, -0.2) is 0 Å². The summed E-state index contributed by atoms with van der Waals surface area (Å²) in [6, 6.07) is 6.50. The summed E-state index contributed by atoms with van der Waals surface area (Å²) >= 11 is 0. The fourth-order valence-corrected chi connectivity index (χ4v) is 2.96. The Labute approximate surface area is 147 Å². The van der Waals surface area contributed by atoms with E-state index in [0.717, 1.165) is 37.5 Å². The number of hydrogen-bond acceptors (Lipinski definition) is 4. The number of benzene rings is 1. The molecule has 0 aliphatic carbocycles. The highest BCUT2D eigenvalue weighted by molar-refractivity contribution is 5.80. The van der Waals surface area contributed by atoms with Gasteiger partial charge in [0, 0.05) is 52.3 Å². The highest BCUT2D eigenvalue weighted by Crippen LogP contribution is 2.20. The number of amides is 1. The molecule has 1 fully saturated rings. The molecule has 0 radical (unpaired) electrons. The second-order valence-corrected chi connectivity index (χ2v) is 6.13. The van der Waals surface area contributed by atoms with Crippen LogP contribution >= 0.6 is 0 Å². The normalized spacial score (nSPS) is 15.8. The molecule has 2 N–H and O–H groups in total. The minimum atomic E-state index is -0.404. The molecule has 0 unspecified atom stereocenters. The molecule has 136 valence electrons. The molecule has 8 nitrogen and oxygen atoms in total. The van der Waals surface area contributed by atoms with Crippen LogP contribution < -0.4 is 10.6 Å². The maximum Gasteiger partial charge on any atom is 0.269 e. The first kappa shape index (κ1) is 18.7. The van der Waals surface area contributed by atoms with Gasteiger partial charge in [-0.05, 0) is 24.3 Å². The van der Waals surface area contributed by atoms with Gasteiger partial charge in [-0.3, -0.25) is 19.9 Å². The minimum Gasteiger partial charge on any atom is -0.359 e. The first-order chi connectivity index (χ1) is 12.0. The van der Waals surface area contributed by atoms with E-state index in [4.69, 9.17) is 0 Å². The average Bonchev–Trinajstić information content (AvgIpc) is 2.63. The number of nitro groups is 1. The van der Waals surface area contributed by atoms with Crippen LogP contribution in [0.5, 0.6) is 0 Å². The molecule has 25 heavy (non-hydrogen) atoms. The topological polar surface area (TPSA) is 99.9 Å². The molecule has 0 spiro atoms. The number of piperidine rings is 1. The molecular formula is C17H25N5O3. The number of likely N-dealkylation sites (tertiary alicyclic amines) is 1. The molecule has 0 bridgehead atoms. The van der Waals surface area contributed by atoms with E-state index in [1.54, 1.807) is 26.2 Å². The Morgan fingerprint density at radius 1 is 1.32 bits per heavy atom. The van der Waals surface area contributed by atoms with Crippen LogP contribution in [-0.4, -0.2) is 48.9 Å². The fourth-order valence-electron chi connectivity index (χ4n) is 2.96. The van der Waals surface area contributed by atoms with Gasteiger partial charge in [-0.15, -0.1) is 0 Å². The first-order valence-electron chi connectivity index (χ1n) is 8.43. The standard InChI is InChI=1S/C17H25N5O3/c1-18-16(23)11-13-7-9-21(10-8-13)17(19-2)20-12-14-3-5-15(6-4-14)22(24)25/h3-6,13H,7-12H2,1-2H3,(H,18,23)(H,19,20). The van der Waals surface area contributed by atoms with E-state index < -0.39 is 4.92 Å². The first-order valence-corrected chi connectivity index (χ1v) is 8.43. The SMILES string of the molecule is CN=C(NCc1ccc([N+](=O)[O-])cc1)N1CCC(CC(=O)NC)CC1. The molecule has 8 heteroatoms. The van der Waals surface area contributed by atoms with Crippen molar-refractivity contribution in [3.05, 3.63) is 39.9 Å². The summed E-state index contributed by atoms with van der Waals surface area (Å²) in [5, 5.41) is 16.7. The molecular weight excluding hydrogens is 322 g/mol. The lowest BCUT2D eigenvalue weighted by molar-refractivity contribution is -0.384. The van der Waals surface area contributed by atoms with Gasteiger partial charge in [0.05, 0.1) is 4.92 Å². The molecule has 1 saturated heterocycles. The number of nitrogens with zero attached hydrogens (tertiary/aromatic N) is 3. The number of carbonyl (C=O) groups is 1. The number of non-ortho nitro benzene ring substituents is 1. The number of carbonyl (C=O) groups excluding carboxylic acids is 1. The number of hydrogen-bond donors (Lipinski definition) is 2. The van der Waals surface area contributed by atoms with E-state index in [-0.39, 0.29) is 11.6 Å². The molecule has 1 aromatic rings. The van der Waals surface area contributed by atoms with Crippen molar-refractivity contribution in [2.75, 3.05) is 27.2 Å². The monoisotopic (exact) mass is 347 g/mol. The van der Waals surface area contributed by atoms with Crippen molar-refractivity contribution in [1.82, 2.24) is 15.5 Å². The van der Waals surface area contributed by atoms with Crippen LogP contribution in [0.25, 0.3) is 0 Å². The molecule has 1 heterocycles. The number of guanidine groups is 1.